The molecule has 0 unspecified atom stereocenters. The van der Waals surface area contributed by atoms with Gasteiger partial charge in [-0.3, -0.25) is 4.79 Å². The van der Waals surface area contributed by atoms with Gasteiger partial charge in [0.25, 0.3) is 5.91 Å². The van der Waals surface area contributed by atoms with Crippen LogP contribution in [0.3, 0.4) is 0 Å². The van der Waals surface area contributed by atoms with Crippen molar-refractivity contribution < 1.29 is 15.0 Å². The number of halogens is 1. The number of phenols is 2. The fourth-order valence-corrected chi connectivity index (χ4v) is 1.43. The number of anilines is 1. The minimum absolute atomic E-state index is 0.0879. The van der Waals surface area contributed by atoms with E-state index in [4.69, 9.17) is 16.7 Å². The number of rotatable bonds is 2. The normalized spacial score (nSPS) is 10.1. The molecular formula is C12H9ClN2O3. The number of aromatic hydroxyl groups is 2. The van der Waals surface area contributed by atoms with E-state index in [1.165, 1.54) is 24.4 Å². The molecule has 0 aliphatic heterocycles. The minimum atomic E-state index is -0.479. The molecule has 1 amide bonds. The monoisotopic (exact) mass is 264 g/mol. The summed E-state index contributed by atoms with van der Waals surface area (Å²) in [6.45, 7) is 0. The quantitative estimate of drug-likeness (QED) is 0.575. The first-order valence-corrected chi connectivity index (χ1v) is 5.39. The van der Waals surface area contributed by atoms with Crippen molar-refractivity contribution >= 4 is 23.2 Å². The van der Waals surface area contributed by atoms with Crippen LogP contribution >= 0.6 is 11.6 Å². The Balaban J connectivity index is 2.18. The smallest absolute Gasteiger partial charge is 0.274 e. The Labute approximate surface area is 108 Å². The molecule has 0 bridgehead atoms. The molecule has 1 aromatic carbocycles. The molecule has 2 rings (SSSR count). The van der Waals surface area contributed by atoms with E-state index in [0.29, 0.717) is 5.02 Å². The summed E-state index contributed by atoms with van der Waals surface area (Å²) in [5, 5.41) is 21.5. The molecule has 0 saturated heterocycles. The van der Waals surface area contributed by atoms with Crippen LogP contribution in [-0.4, -0.2) is 21.1 Å². The average molecular weight is 265 g/mol. The van der Waals surface area contributed by atoms with Gasteiger partial charge in [-0.05, 0) is 24.3 Å². The summed E-state index contributed by atoms with van der Waals surface area (Å²) in [6, 6.07) is 6.88. The summed E-state index contributed by atoms with van der Waals surface area (Å²) in [5.41, 5.74) is 0.362. The third kappa shape index (κ3) is 2.70. The molecule has 0 radical (unpaired) electrons. The lowest BCUT2D eigenvalue weighted by molar-refractivity contribution is 0.102. The molecule has 92 valence electrons. The van der Waals surface area contributed by atoms with Crippen LogP contribution in [0.25, 0.3) is 0 Å². The summed E-state index contributed by atoms with van der Waals surface area (Å²) in [7, 11) is 0. The zero-order valence-electron chi connectivity index (χ0n) is 9.09. The Morgan fingerprint density at radius 1 is 1.22 bits per heavy atom. The van der Waals surface area contributed by atoms with E-state index < -0.39 is 5.91 Å². The number of carbonyl (C=O) groups excluding carboxylic acids is 1. The number of nitrogens with zero attached hydrogens (tertiary/aromatic N) is 1. The standard InChI is InChI=1S/C12H9ClN2O3/c13-7-1-3-10(14-6-7)12(18)15-9-4-2-8(16)5-11(9)17/h1-6,16-17H,(H,15,18). The highest BCUT2D eigenvalue weighted by atomic mass is 35.5. The molecule has 2 aromatic rings. The maximum Gasteiger partial charge on any atom is 0.274 e. The van der Waals surface area contributed by atoms with E-state index in [0.717, 1.165) is 6.07 Å². The maximum atomic E-state index is 11.8. The van der Waals surface area contributed by atoms with Gasteiger partial charge in [0.15, 0.2) is 0 Å². The maximum absolute atomic E-state index is 11.8. The number of amides is 1. The van der Waals surface area contributed by atoms with Crippen LogP contribution in [-0.2, 0) is 0 Å². The molecule has 1 heterocycles. The number of hydrogen-bond acceptors (Lipinski definition) is 4. The van der Waals surface area contributed by atoms with Crippen LogP contribution in [0.1, 0.15) is 10.5 Å². The third-order valence-corrected chi connectivity index (χ3v) is 2.41. The first-order valence-electron chi connectivity index (χ1n) is 5.01. The van der Waals surface area contributed by atoms with E-state index in [-0.39, 0.29) is 22.9 Å². The predicted octanol–water partition coefficient (Wildman–Crippen LogP) is 2.40. The van der Waals surface area contributed by atoms with Gasteiger partial charge in [0.2, 0.25) is 0 Å². The van der Waals surface area contributed by atoms with Crippen LogP contribution in [0.4, 0.5) is 5.69 Å². The van der Waals surface area contributed by atoms with Gasteiger partial charge in [-0.15, -0.1) is 0 Å². The molecule has 0 saturated carbocycles. The Bertz CT molecular complexity index is 584. The number of aromatic nitrogens is 1. The lowest BCUT2D eigenvalue weighted by Gasteiger charge is -2.07. The summed E-state index contributed by atoms with van der Waals surface area (Å²) in [4.78, 5) is 15.6. The zero-order valence-corrected chi connectivity index (χ0v) is 9.85. The van der Waals surface area contributed by atoms with Gasteiger partial charge >= 0.3 is 0 Å². The molecule has 18 heavy (non-hydrogen) atoms. The van der Waals surface area contributed by atoms with E-state index in [2.05, 4.69) is 10.3 Å². The molecule has 6 heteroatoms. The predicted molar refractivity (Wildman–Crippen MR) is 67.0 cm³/mol. The Morgan fingerprint density at radius 3 is 2.61 bits per heavy atom. The number of carbonyl (C=O) groups is 1. The highest BCUT2D eigenvalue weighted by Crippen LogP contribution is 2.27. The topological polar surface area (TPSA) is 82.5 Å². The highest BCUT2D eigenvalue weighted by molar-refractivity contribution is 6.30. The van der Waals surface area contributed by atoms with Gasteiger partial charge in [0.1, 0.15) is 17.2 Å². The Kier molecular flexibility index (Phi) is 3.34. The first-order chi connectivity index (χ1) is 8.56. The lowest BCUT2D eigenvalue weighted by Crippen LogP contribution is -2.13. The van der Waals surface area contributed by atoms with Crippen molar-refractivity contribution in [2.75, 3.05) is 5.32 Å². The summed E-state index contributed by atoms with van der Waals surface area (Å²) < 4.78 is 0. The molecule has 0 aliphatic carbocycles. The van der Waals surface area contributed by atoms with E-state index in [1.807, 2.05) is 0 Å². The van der Waals surface area contributed by atoms with Gasteiger partial charge in [-0.1, -0.05) is 11.6 Å². The largest absolute Gasteiger partial charge is 0.508 e. The lowest BCUT2D eigenvalue weighted by atomic mass is 10.2. The van der Waals surface area contributed by atoms with E-state index in [1.54, 1.807) is 6.07 Å². The molecule has 5 nitrogen and oxygen atoms in total. The van der Waals surface area contributed by atoms with Gasteiger partial charge in [0, 0.05) is 12.3 Å². The fraction of sp³-hybridized carbons (Fsp3) is 0. The molecular weight excluding hydrogens is 256 g/mol. The average Bonchev–Trinajstić information content (AvgIpc) is 2.33. The van der Waals surface area contributed by atoms with Crippen molar-refractivity contribution in [1.29, 1.82) is 0 Å². The van der Waals surface area contributed by atoms with Crippen molar-refractivity contribution in [1.82, 2.24) is 4.98 Å². The van der Waals surface area contributed by atoms with Gasteiger partial charge in [0.05, 0.1) is 10.7 Å². The van der Waals surface area contributed by atoms with Crippen molar-refractivity contribution in [2.45, 2.75) is 0 Å². The Morgan fingerprint density at radius 2 is 2.00 bits per heavy atom. The highest BCUT2D eigenvalue weighted by Gasteiger charge is 2.10. The number of nitrogens with one attached hydrogen (secondary N) is 1. The minimum Gasteiger partial charge on any atom is -0.508 e. The Hall–Kier alpha value is -2.27. The number of hydrogen-bond donors (Lipinski definition) is 3. The van der Waals surface area contributed by atoms with Crippen LogP contribution in [0.15, 0.2) is 36.5 Å². The second-order valence-electron chi connectivity index (χ2n) is 3.52. The van der Waals surface area contributed by atoms with Crippen molar-refractivity contribution in [3.63, 3.8) is 0 Å². The second-order valence-corrected chi connectivity index (χ2v) is 3.95. The zero-order chi connectivity index (χ0) is 13.1. The van der Waals surface area contributed by atoms with E-state index in [9.17, 15) is 9.90 Å². The number of benzene rings is 1. The molecule has 0 aliphatic rings. The summed E-state index contributed by atoms with van der Waals surface area (Å²) in [5.74, 6) is -0.792. The first kappa shape index (κ1) is 12.2. The fourth-order valence-electron chi connectivity index (χ4n) is 1.32. The van der Waals surface area contributed by atoms with Crippen LogP contribution in [0.5, 0.6) is 11.5 Å². The summed E-state index contributed by atoms with van der Waals surface area (Å²) >= 11 is 5.66. The van der Waals surface area contributed by atoms with Crippen molar-refractivity contribution in [3.05, 3.63) is 47.2 Å². The molecule has 0 spiro atoms. The van der Waals surface area contributed by atoms with E-state index >= 15 is 0 Å². The molecule has 0 fully saturated rings. The van der Waals surface area contributed by atoms with Crippen molar-refractivity contribution in [3.8, 4) is 11.5 Å². The van der Waals surface area contributed by atoms with Gasteiger partial charge in [-0.2, -0.15) is 0 Å². The number of pyridine rings is 1. The molecule has 1 aromatic heterocycles. The SMILES string of the molecule is O=C(Nc1ccc(O)cc1O)c1ccc(Cl)cn1. The van der Waals surface area contributed by atoms with Gasteiger partial charge in [-0.25, -0.2) is 4.98 Å². The van der Waals surface area contributed by atoms with Crippen LogP contribution in [0, 0.1) is 0 Å². The molecule has 0 atom stereocenters. The van der Waals surface area contributed by atoms with Crippen LogP contribution < -0.4 is 5.32 Å². The van der Waals surface area contributed by atoms with Gasteiger partial charge < -0.3 is 15.5 Å². The van der Waals surface area contributed by atoms with Crippen LogP contribution in [0.2, 0.25) is 5.02 Å². The third-order valence-electron chi connectivity index (χ3n) is 2.19. The number of phenolic OH excluding ortho intramolecular Hbond substituents is 2. The molecule has 3 N–H and O–H groups in total. The van der Waals surface area contributed by atoms with Crippen molar-refractivity contribution in [2.24, 2.45) is 0 Å². The second kappa shape index (κ2) is 4.93. The summed E-state index contributed by atoms with van der Waals surface area (Å²) in [6.07, 6.45) is 1.35.